The first-order valence-electron chi connectivity index (χ1n) is 11.7. The van der Waals surface area contributed by atoms with Gasteiger partial charge < -0.3 is 4.90 Å². The SMILES string of the molecule is Cc1cc(C)cc(NS(=O)(=O)c2ccc3c(c2)c(=O)n(CC(=O)N2CCCCCC2)c(=O)n3C)c1. The number of hydrogen-bond donors (Lipinski definition) is 1. The Labute approximate surface area is 204 Å². The van der Waals surface area contributed by atoms with Gasteiger partial charge in [-0.05, 0) is 68.1 Å². The molecule has 9 nitrogen and oxygen atoms in total. The molecule has 1 saturated heterocycles. The van der Waals surface area contributed by atoms with Crippen LogP contribution < -0.4 is 16.0 Å². The lowest BCUT2D eigenvalue weighted by Crippen LogP contribution is -2.44. The van der Waals surface area contributed by atoms with Crippen molar-refractivity contribution < 1.29 is 13.2 Å². The van der Waals surface area contributed by atoms with Crippen molar-refractivity contribution in [3.8, 4) is 0 Å². The van der Waals surface area contributed by atoms with Gasteiger partial charge >= 0.3 is 5.69 Å². The minimum Gasteiger partial charge on any atom is -0.341 e. The molecule has 3 aromatic rings. The molecule has 10 heteroatoms. The second-order valence-corrected chi connectivity index (χ2v) is 10.9. The molecule has 35 heavy (non-hydrogen) atoms. The molecule has 1 aromatic heterocycles. The predicted molar refractivity (Wildman–Crippen MR) is 135 cm³/mol. The Kier molecular flexibility index (Phi) is 6.84. The van der Waals surface area contributed by atoms with E-state index in [9.17, 15) is 22.8 Å². The number of carbonyl (C=O) groups is 1. The van der Waals surface area contributed by atoms with Crippen LogP contribution in [0.25, 0.3) is 10.9 Å². The molecule has 0 radical (unpaired) electrons. The summed E-state index contributed by atoms with van der Waals surface area (Å²) in [7, 11) is -2.50. The lowest BCUT2D eigenvalue weighted by molar-refractivity contribution is -0.131. The van der Waals surface area contributed by atoms with Crippen molar-refractivity contribution in [1.29, 1.82) is 0 Å². The number of anilines is 1. The van der Waals surface area contributed by atoms with Gasteiger partial charge in [0.1, 0.15) is 6.54 Å². The molecule has 0 unspecified atom stereocenters. The third-order valence-electron chi connectivity index (χ3n) is 6.36. The van der Waals surface area contributed by atoms with Crippen LogP contribution in [0.4, 0.5) is 5.69 Å². The molecule has 0 aliphatic carbocycles. The van der Waals surface area contributed by atoms with Gasteiger partial charge in [0.15, 0.2) is 0 Å². The summed E-state index contributed by atoms with van der Waals surface area (Å²) in [5.74, 6) is -0.286. The Hall–Kier alpha value is -3.40. The number of aromatic nitrogens is 2. The number of amides is 1. The van der Waals surface area contributed by atoms with Crippen molar-refractivity contribution in [3.05, 3.63) is 68.4 Å². The van der Waals surface area contributed by atoms with E-state index in [0.717, 1.165) is 41.4 Å². The van der Waals surface area contributed by atoms with Crippen LogP contribution in [0, 0.1) is 13.8 Å². The second kappa shape index (κ2) is 9.69. The lowest BCUT2D eigenvalue weighted by atomic mass is 10.1. The standard InChI is InChI=1S/C25H30N4O5S/c1-17-12-18(2)14-19(13-17)26-35(33,34)20-8-9-22-21(15-20)24(31)29(25(32)27(22)3)16-23(30)28-10-6-4-5-7-11-28/h8-9,12-15,26H,4-7,10-11,16H2,1-3H3. The van der Waals surface area contributed by atoms with Crippen LogP contribution >= 0.6 is 0 Å². The van der Waals surface area contributed by atoms with Crippen molar-refractivity contribution in [2.45, 2.75) is 51.0 Å². The van der Waals surface area contributed by atoms with Crippen molar-refractivity contribution in [2.24, 2.45) is 7.05 Å². The maximum Gasteiger partial charge on any atom is 0.331 e. The quantitative estimate of drug-likeness (QED) is 0.581. The first-order chi connectivity index (χ1) is 16.6. The van der Waals surface area contributed by atoms with E-state index in [2.05, 4.69) is 4.72 Å². The zero-order valence-corrected chi connectivity index (χ0v) is 21.0. The molecule has 0 bridgehead atoms. The third-order valence-corrected chi connectivity index (χ3v) is 7.74. The zero-order chi connectivity index (χ0) is 25.3. The van der Waals surface area contributed by atoms with Crippen molar-refractivity contribution in [2.75, 3.05) is 17.8 Å². The smallest absolute Gasteiger partial charge is 0.331 e. The maximum absolute atomic E-state index is 13.3. The van der Waals surface area contributed by atoms with Crippen LogP contribution in [-0.4, -0.2) is 41.4 Å². The van der Waals surface area contributed by atoms with Crippen LogP contribution in [-0.2, 0) is 28.4 Å². The topological polar surface area (TPSA) is 110 Å². The average molecular weight is 499 g/mol. The highest BCUT2D eigenvalue weighted by molar-refractivity contribution is 7.92. The van der Waals surface area contributed by atoms with Crippen LogP contribution in [0.5, 0.6) is 0 Å². The summed E-state index contributed by atoms with van der Waals surface area (Å²) < 4.78 is 30.9. The van der Waals surface area contributed by atoms with Gasteiger partial charge in [0.05, 0.1) is 15.8 Å². The van der Waals surface area contributed by atoms with E-state index in [-0.39, 0.29) is 22.7 Å². The third kappa shape index (κ3) is 5.17. The minimum absolute atomic E-state index is 0.0547. The van der Waals surface area contributed by atoms with Crippen LogP contribution in [0.2, 0.25) is 0 Å². The van der Waals surface area contributed by atoms with E-state index in [1.165, 1.54) is 29.8 Å². The van der Waals surface area contributed by atoms with Crippen molar-refractivity contribution >= 4 is 32.5 Å². The molecule has 4 rings (SSSR count). The van der Waals surface area contributed by atoms with E-state index >= 15 is 0 Å². The van der Waals surface area contributed by atoms with Gasteiger partial charge in [-0.15, -0.1) is 0 Å². The summed E-state index contributed by atoms with van der Waals surface area (Å²) in [5.41, 5.74) is 1.23. The second-order valence-electron chi connectivity index (χ2n) is 9.19. The highest BCUT2D eigenvalue weighted by Gasteiger charge is 2.21. The molecular formula is C25H30N4O5S. The van der Waals surface area contributed by atoms with E-state index in [1.54, 1.807) is 17.0 Å². The summed E-state index contributed by atoms with van der Waals surface area (Å²) in [6, 6.07) is 9.43. The zero-order valence-electron chi connectivity index (χ0n) is 20.2. The van der Waals surface area contributed by atoms with Crippen LogP contribution in [0.1, 0.15) is 36.8 Å². The van der Waals surface area contributed by atoms with Gasteiger partial charge in [0, 0.05) is 25.8 Å². The molecule has 186 valence electrons. The molecule has 1 N–H and O–H groups in total. The number of fused-ring (bicyclic) bond motifs is 1. The molecule has 1 amide bonds. The Morgan fingerprint density at radius 1 is 0.943 bits per heavy atom. The predicted octanol–water partition coefficient (Wildman–Crippen LogP) is 2.52. The minimum atomic E-state index is -4.00. The average Bonchev–Trinajstić information content (AvgIpc) is 3.08. The number of sulfonamides is 1. The molecule has 0 atom stereocenters. The fourth-order valence-electron chi connectivity index (χ4n) is 4.60. The number of hydrogen-bond acceptors (Lipinski definition) is 5. The van der Waals surface area contributed by atoms with Crippen molar-refractivity contribution in [1.82, 2.24) is 14.0 Å². The Bertz CT molecular complexity index is 1490. The van der Waals surface area contributed by atoms with Crippen LogP contribution in [0.3, 0.4) is 0 Å². The Balaban J connectivity index is 1.73. The van der Waals surface area contributed by atoms with E-state index in [1.807, 2.05) is 19.9 Å². The van der Waals surface area contributed by atoms with Gasteiger partial charge in [-0.2, -0.15) is 0 Å². The summed E-state index contributed by atoms with van der Waals surface area (Å²) >= 11 is 0. The highest BCUT2D eigenvalue weighted by atomic mass is 32.2. The maximum atomic E-state index is 13.3. The normalized spacial score (nSPS) is 14.7. The number of carbonyl (C=O) groups excluding carboxylic acids is 1. The molecule has 0 saturated carbocycles. The number of benzene rings is 2. The van der Waals surface area contributed by atoms with Gasteiger partial charge in [-0.3, -0.25) is 23.4 Å². The largest absolute Gasteiger partial charge is 0.341 e. The summed E-state index contributed by atoms with van der Waals surface area (Å²) in [6.07, 6.45) is 3.89. The monoisotopic (exact) mass is 498 g/mol. The number of aryl methyl sites for hydroxylation is 3. The Morgan fingerprint density at radius 3 is 2.20 bits per heavy atom. The summed E-state index contributed by atoms with van der Waals surface area (Å²) in [4.78, 5) is 40.6. The summed E-state index contributed by atoms with van der Waals surface area (Å²) in [6.45, 7) is 4.58. The molecule has 0 spiro atoms. The molecule has 2 heterocycles. The van der Waals surface area contributed by atoms with Gasteiger partial charge in [-0.25, -0.2) is 13.2 Å². The fraction of sp³-hybridized carbons (Fsp3) is 0.400. The first kappa shape index (κ1) is 24.7. The Morgan fingerprint density at radius 2 is 1.57 bits per heavy atom. The number of nitrogens with zero attached hydrogens (tertiary/aromatic N) is 3. The molecule has 1 aliphatic rings. The van der Waals surface area contributed by atoms with Gasteiger partial charge in [0.2, 0.25) is 5.91 Å². The molecule has 1 aliphatic heterocycles. The lowest BCUT2D eigenvalue weighted by Gasteiger charge is -2.21. The number of rotatable bonds is 5. The molecule has 2 aromatic carbocycles. The fourth-order valence-corrected chi connectivity index (χ4v) is 5.67. The van der Waals surface area contributed by atoms with E-state index in [4.69, 9.17) is 0 Å². The van der Waals surface area contributed by atoms with Gasteiger partial charge in [0.25, 0.3) is 15.6 Å². The summed E-state index contributed by atoms with van der Waals surface area (Å²) in [5, 5.41) is 0.0547. The first-order valence-corrected chi connectivity index (χ1v) is 13.2. The van der Waals surface area contributed by atoms with E-state index in [0.29, 0.717) is 24.3 Å². The van der Waals surface area contributed by atoms with Crippen molar-refractivity contribution in [3.63, 3.8) is 0 Å². The van der Waals surface area contributed by atoms with E-state index < -0.39 is 21.3 Å². The number of likely N-dealkylation sites (tertiary alicyclic amines) is 1. The molecular weight excluding hydrogens is 468 g/mol. The van der Waals surface area contributed by atoms with Gasteiger partial charge in [-0.1, -0.05) is 18.9 Å². The van der Waals surface area contributed by atoms with Crippen LogP contribution in [0.15, 0.2) is 50.9 Å². The highest BCUT2D eigenvalue weighted by Crippen LogP contribution is 2.21. The number of nitrogens with one attached hydrogen (secondary N) is 1. The molecule has 1 fully saturated rings.